The first-order valence-electron chi connectivity index (χ1n) is 6.72. The van der Waals surface area contributed by atoms with Crippen LogP contribution in [-0.4, -0.2) is 0 Å². The van der Waals surface area contributed by atoms with E-state index in [1.54, 1.807) is 6.07 Å². The molecule has 0 radical (unpaired) electrons. The monoisotopic (exact) mass is 300 g/mol. The first-order valence-corrected chi connectivity index (χ1v) is 7.25. The van der Waals surface area contributed by atoms with Gasteiger partial charge in [-0.3, -0.25) is 0 Å². The molecule has 0 heterocycles. The van der Waals surface area contributed by atoms with Crippen LogP contribution in [0.3, 0.4) is 0 Å². The van der Waals surface area contributed by atoms with Crippen molar-refractivity contribution in [3.63, 3.8) is 0 Å². The van der Waals surface area contributed by atoms with Crippen molar-refractivity contribution in [2.24, 2.45) is 0 Å². The molecule has 106 valence electrons. The molecule has 3 rings (SSSR count). The molecule has 0 fully saturated rings. The minimum Gasteiger partial charge on any atom is -0.489 e. The van der Waals surface area contributed by atoms with Gasteiger partial charge in [-0.05, 0) is 34.5 Å². The van der Waals surface area contributed by atoms with Gasteiger partial charge >= 0.3 is 0 Å². The Bertz CT molecular complexity index is 765. The SMILES string of the molecule is Fc1ccc(OCc2cccc3ccccc23)c(CCl)c1. The van der Waals surface area contributed by atoms with Crippen LogP contribution in [-0.2, 0) is 12.5 Å². The van der Waals surface area contributed by atoms with E-state index in [1.807, 2.05) is 24.3 Å². The van der Waals surface area contributed by atoms with Gasteiger partial charge in [-0.1, -0.05) is 42.5 Å². The maximum atomic E-state index is 13.2. The van der Waals surface area contributed by atoms with E-state index in [0.717, 1.165) is 10.9 Å². The van der Waals surface area contributed by atoms with Gasteiger partial charge in [0.1, 0.15) is 18.2 Å². The van der Waals surface area contributed by atoms with E-state index in [1.165, 1.54) is 17.5 Å². The van der Waals surface area contributed by atoms with E-state index in [2.05, 4.69) is 18.2 Å². The molecule has 0 saturated heterocycles. The molecule has 0 aliphatic heterocycles. The van der Waals surface area contributed by atoms with Crippen molar-refractivity contribution in [3.05, 3.63) is 77.6 Å². The van der Waals surface area contributed by atoms with Gasteiger partial charge in [-0.25, -0.2) is 4.39 Å². The third-order valence-corrected chi connectivity index (χ3v) is 3.72. The zero-order chi connectivity index (χ0) is 14.7. The molecule has 21 heavy (non-hydrogen) atoms. The smallest absolute Gasteiger partial charge is 0.124 e. The lowest BCUT2D eigenvalue weighted by Gasteiger charge is -2.12. The first-order chi connectivity index (χ1) is 10.3. The van der Waals surface area contributed by atoms with Gasteiger partial charge in [0.05, 0.1) is 5.88 Å². The van der Waals surface area contributed by atoms with E-state index in [4.69, 9.17) is 16.3 Å². The minimum atomic E-state index is -0.303. The van der Waals surface area contributed by atoms with Crippen molar-refractivity contribution in [1.82, 2.24) is 0 Å². The second-order valence-electron chi connectivity index (χ2n) is 4.81. The highest BCUT2D eigenvalue weighted by Crippen LogP contribution is 2.24. The Labute approximate surface area is 127 Å². The summed E-state index contributed by atoms with van der Waals surface area (Å²) in [5, 5.41) is 2.34. The summed E-state index contributed by atoms with van der Waals surface area (Å²) in [6.07, 6.45) is 0. The van der Waals surface area contributed by atoms with Crippen molar-refractivity contribution in [1.29, 1.82) is 0 Å². The molecule has 0 amide bonds. The molecule has 0 atom stereocenters. The van der Waals surface area contributed by atoms with Crippen molar-refractivity contribution in [2.75, 3.05) is 0 Å². The van der Waals surface area contributed by atoms with Gasteiger partial charge in [0.25, 0.3) is 0 Å². The Kier molecular flexibility index (Phi) is 4.07. The second kappa shape index (κ2) is 6.15. The Morgan fingerprint density at radius 3 is 2.57 bits per heavy atom. The third kappa shape index (κ3) is 3.01. The number of halogens is 2. The summed E-state index contributed by atoms with van der Waals surface area (Å²) >= 11 is 5.83. The summed E-state index contributed by atoms with van der Waals surface area (Å²) in [7, 11) is 0. The maximum Gasteiger partial charge on any atom is 0.124 e. The van der Waals surface area contributed by atoms with Crippen LogP contribution in [0.4, 0.5) is 4.39 Å². The average Bonchev–Trinajstić information content (AvgIpc) is 2.53. The highest BCUT2D eigenvalue weighted by Gasteiger charge is 2.06. The fraction of sp³-hybridized carbons (Fsp3) is 0.111. The third-order valence-electron chi connectivity index (χ3n) is 3.43. The van der Waals surface area contributed by atoms with Gasteiger partial charge in [-0.2, -0.15) is 0 Å². The zero-order valence-corrected chi connectivity index (χ0v) is 12.1. The van der Waals surface area contributed by atoms with Crippen LogP contribution in [0.1, 0.15) is 11.1 Å². The van der Waals surface area contributed by atoms with Crippen LogP contribution >= 0.6 is 11.6 Å². The predicted molar refractivity (Wildman–Crippen MR) is 84.2 cm³/mol. The normalized spacial score (nSPS) is 10.8. The lowest BCUT2D eigenvalue weighted by Crippen LogP contribution is -1.99. The Hall–Kier alpha value is -2.06. The molecule has 0 spiro atoms. The molecule has 1 nitrogen and oxygen atoms in total. The van der Waals surface area contributed by atoms with Crippen LogP contribution < -0.4 is 4.74 Å². The number of rotatable bonds is 4. The van der Waals surface area contributed by atoms with Gasteiger partial charge in [0.2, 0.25) is 0 Å². The number of hydrogen-bond acceptors (Lipinski definition) is 1. The highest BCUT2D eigenvalue weighted by molar-refractivity contribution is 6.17. The Morgan fingerprint density at radius 1 is 0.905 bits per heavy atom. The summed E-state index contributed by atoms with van der Waals surface area (Å²) in [5.41, 5.74) is 1.76. The van der Waals surface area contributed by atoms with Crippen LogP contribution in [0.15, 0.2) is 60.7 Å². The molecule has 0 bridgehead atoms. The van der Waals surface area contributed by atoms with Crippen molar-refractivity contribution < 1.29 is 9.13 Å². The van der Waals surface area contributed by atoms with Crippen molar-refractivity contribution >= 4 is 22.4 Å². The number of benzene rings is 3. The van der Waals surface area contributed by atoms with E-state index < -0.39 is 0 Å². The van der Waals surface area contributed by atoms with Crippen LogP contribution in [0.2, 0.25) is 0 Å². The van der Waals surface area contributed by atoms with Gasteiger partial charge in [0.15, 0.2) is 0 Å². The molecule has 3 aromatic rings. The van der Waals surface area contributed by atoms with E-state index in [-0.39, 0.29) is 11.7 Å². The number of fused-ring (bicyclic) bond motifs is 1. The van der Waals surface area contributed by atoms with Crippen LogP contribution in [0.5, 0.6) is 5.75 Å². The lowest BCUT2D eigenvalue weighted by atomic mass is 10.1. The lowest BCUT2D eigenvalue weighted by molar-refractivity contribution is 0.304. The van der Waals surface area contributed by atoms with Crippen molar-refractivity contribution in [2.45, 2.75) is 12.5 Å². The first kappa shape index (κ1) is 13.9. The summed E-state index contributed by atoms with van der Waals surface area (Å²) in [6, 6.07) is 18.7. The fourth-order valence-corrected chi connectivity index (χ4v) is 2.58. The zero-order valence-electron chi connectivity index (χ0n) is 11.4. The number of ether oxygens (including phenoxy) is 1. The molecule has 0 aliphatic rings. The molecule has 3 heteroatoms. The van der Waals surface area contributed by atoms with E-state index in [0.29, 0.717) is 17.9 Å². The van der Waals surface area contributed by atoms with Crippen LogP contribution in [0, 0.1) is 5.82 Å². The average molecular weight is 301 g/mol. The molecule has 0 N–H and O–H groups in total. The summed E-state index contributed by atoms with van der Waals surface area (Å²) in [6.45, 7) is 0.427. The molecule has 0 aliphatic carbocycles. The Balaban J connectivity index is 1.87. The number of hydrogen-bond donors (Lipinski definition) is 0. The summed E-state index contributed by atoms with van der Waals surface area (Å²) in [5.74, 6) is 0.547. The van der Waals surface area contributed by atoms with E-state index in [9.17, 15) is 4.39 Å². The molecule has 0 unspecified atom stereocenters. The van der Waals surface area contributed by atoms with Gasteiger partial charge < -0.3 is 4.74 Å². The predicted octanol–water partition coefficient (Wildman–Crippen LogP) is 5.30. The molecule has 0 saturated carbocycles. The van der Waals surface area contributed by atoms with Gasteiger partial charge in [0, 0.05) is 5.56 Å². The largest absolute Gasteiger partial charge is 0.489 e. The van der Waals surface area contributed by atoms with Crippen LogP contribution in [0.25, 0.3) is 10.8 Å². The second-order valence-corrected chi connectivity index (χ2v) is 5.08. The highest BCUT2D eigenvalue weighted by atomic mass is 35.5. The molecule has 0 aromatic heterocycles. The number of alkyl halides is 1. The van der Waals surface area contributed by atoms with E-state index >= 15 is 0 Å². The topological polar surface area (TPSA) is 9.23 Å². The quantitative estimate of drug-likeness (QED) is 0.594. The Morgan fingerprint density at radius 2 is 1.71 bits per heavy atom. The van der Waals surface area contributed by atoms with Crippen molar-refractivity contribution in [3.8, 4) is 5.75 Å². The molecular weight excluding hydrogens is 287 g/mol. The minimum absolute atomic E-state index is 0.225. The fourth-order valence-electron chi connectivity index (χ4n) is 2.37. The molecule has 3 aromatic carbocycles. The maximum absolute atomic E-state index is 13.2. The standard InChI is InChI=1S/C18H14ClFO/c19-11-15-10-16(20)8-9-18(15)21-12-14-6-3-5-13-4-1-2-7-17(13)14/h1-10H,11-12H2. The van der Waals surface area contributed by atoms with Gasteiger partial charge in [-0.15, -0.1) is 11.6 Å². The summed E-state index contributed by atoms with van der Waals surface area (Å²) < 4.78 is 19.0. The summed E-state index contributed by atoms with van der Waals surface area (Å²) in [4.78, 5) is 0. The molecular formula is C18H14ClFO.